The van der Waals surface area contributed by atoms with Crippen LogP contribution in [0.4, 0.5) is 0 Å². The van der Waals surface area contributed by atoms with Gasteiger partial charge in [-0.25, -0.2) is 0 Å². The normalized spacial score (nSPS) is 17.2. The summed E-state index contributed by atoms with van der Waals surface area (Å²) in [7, 11) is 0. The van der Waals surface area contributed by atoms with Gasteiger partial charge in [-0.15, -0.1) is 11.3 Å². The Balaban J connectivity index is 1.12. The minimum atomic E-state index is 0.129. The summed E-state index contributed by atoms with van der Waals surface area (Å²) >= 11 is 1.46. The molecule has 0 aliphatic carbocycles. The van der Waals surface area contributed by atoms with Crippen LogP contribution in [0.15, 0.2) is 47.8 Å². The Bertz CT molecular complexity index is 952. The predicted molar refractivity (Wildman–Crippen MR) is 133 cm³/mol. The van der Waals surface area contributed by atoms with Crippen molar-refractivity contribution in [3.05, 3.63) is 52.7 Å². The van der Waals surface area contributed by atoms with Gasteiger partial charge in [-0.1, -0.05) is 24.3 Å². The number of hydrogen-bond donors (Lipinski definition) is 0. The topological polar surface area (TPSA) is 66.9 Å². The number of nitrogens with zero attached hydrogens (tertiary/aromatic N) is 2. The zero-order valence-electron chi connectivity index (χ0n) is 19.7. The number of carbonyl (C=O) groups is 3. The quantitative estimate of drug-likeness (QED) is 0.360. The highest BCUT2D eigenvalue weighted by atomic mass is 32.1. The van der Waals surface area contributed by atoms with Crippen molar-refractivity contribution in [2.24, 2.45) is 5.41 Å². The minimum Gasteiger partial charge on any atom is -0.494 e. The van der Waals surface area contributed by atoms with Gasteiger partial charge in [-0.2, -0.15) is 0 Å². The van der Waals surface area contributed by atoms with E-state index in [1.54, 1.807) is 0 Å². The van der Waals surface area contributed by atoms with Crippen molar-refractivity contribution in [2.45, 2.75) is 51.4 Å². The Morgan fingerprint density at radius 1 is 0.824 bits per heavy atom. The van der Waals surface area contributed by atoms with E-state index in [-0.39, 0.29) is 23.0 Å². The molecule has 1 aromatic heterocycles. The minimum absolute atomic E-state index is 0.129. The number of rotatable bonds is 10. The third-order valence-electron chi connectivity index (χ3n) is 7.11. The summed E-state index contributed by atoms with van der Waals surface area (Å²) in [6.07, 6.45) is 5.62. The van der Waals surface area contributed by atoms with Crippen LogP contribution in [0.2, 0.25) is 0 Å². The van der Waals surface area contributed by atoms with Crippen LogP contribution in [-0.4, -0.2) is 60.2 Å². The summed E-state index contributed by atoms with van der Waals surface area (Å²) in [5.41, 5.74) is 0.148. The standard InChI is InChI=1S/C27H34N2O4S/c30-23(24-10-6-20-34-24)9-4-11-26(32)29-18-15-27(21-29)13-16-28(17-14-27)25(31)12-5-19-33-22-7-2-1-3-8-22/h1-3,6-8,10,20H,4-5,9,11-19,21H2. The molecule has 4 rings (SSSR count). The molecule has 0 N–H and O–H groups in total. The first-order valence-corrected chi connectivity index (χ1v) is 13.2. The number of ketones is 1. The summed E-state index contributed by atoms with van der Waals surface area (Å²) in [4.78, 5) is 42.2. The number of ether oxygens (including phenoxy) is 1. The second-order valence-corrected chi connectivity index (χ2v) is 10.4. The van der Waals surface area contributed by atoms with Gasteiger partial charge in [0.2, 0.25) is 11.8 Å². The molecule has 34 heavy (non-hydrogen) atoms. The third-order valence-corrected chi connectivity index (χ3v) is 8.02. The molecule has 7 heteroatoms. The van der Waals surface area contributed by atoms with Gasteiger partial charge in [0.05, 0.1) is 11.5 Å². The van der Waals surface area contributed by atoms with Crippen molar-refractivity contribution in [2.75, 3.05) is 32.8 Å². The zero-order valence-corrected chi connectivity index (χ0v) is 20.6. The van der Waals surface area contributed by atoms with Crippen LogP contribution in [0.1, 0.15) is 61.0 Å². The molecule has 2 saturated heterocycles. The molecule has 0 radical (unpaired) electrons. The summed E-state index contributed by atoms with van der Waals surface area (Å²) in [6.45, 7) is 3.68. The van der Waals surface area contributed by atoms with E-state index in [2.05, 4.69) is 0 Å². The number of hydrogen-bond acceptors (Lipinski definition) is 5. The summed E-state index contributed by atoms with van der Waals surface area (Å²) in [5.74, 6) is 1.33. The number of carbonyl (C=O) groups excluding carboxylic acids is 3. The zero-order chi connectivity index (χ0) is 23.8. The van der Waals surface area contributed by atoms with Gasteiger partial charge in [-0.3, -0.25) is 14.4 Å². The Labute approximate surface area is 205 Å². The molecular formula is C27H34N2O4S. The Morgan fingerprint density at radius 3 is 2.21 bits per heavy atom. The predicted octanol–water partition coefficient (Wildman–Crippen LogP) is 4.80. The fourth-order valence-electron chi connectivity index (χ4n) is 4.99. The fraction of sp³-hybridized carbons (Fsp3) is 0.519. The Morgan fingerprint density at radius 2 is 1.50 bits per heavy atom. The SMILES string of the molecule is O=C(CCCC(=O)N1CCC2(CCN(C(=O)CCCOc3ccccc3)CC2)C1)c1cccs1. The van der Waals surface area contributed by atoms with Crippen LogP contribution in [0.3, 0.4) is 0 Å². The molecule has 2 aliphatic heterocycles. The molecule has 1 spiro atoms. The number of Topliss-reactive ketones (excluding diaryl/α,β-unsaturated/α-hetero) is 1. The lowest BCUT2D eigenvalue weighted by Crippen LogP contribution is -2.44. The number of piperidine rings is 1. The van der Waals surface area contributed by atoms with E-state index in [9.17, 15) is 14.4 Å². The highest BCUT2D eigenvalue weighted by molar-refractivity contribution is 7.12. The van der Waals surface area contributed by atoms with Crippen molar-refractivity contribution >= 4 is 28.9 Å². The average molecular weight is 483 g/mol. The largest absolute Gasteiger partial charge is 0.494 e. The van der Waals surface area contributed by atoms with Crippen LogP contribution in [0, 0.1) is 5.41 Å². The van der Waals surface area contributed by atoms with Gasteiger partial charge in [0.25, 0.3) is 0 Å². The molecule has 3 heterocycles. The van der Waals surface area contributed by atoms with Crippen molar-refractivity contribution in [3.8, 4) is 5.75 Å². The van der Waals surface area contributed by atoms with Crippen LogP contribution >= 0.6 is 11.3 Å². The number of amides is 2. The first-order valence-electron chi connectivity index (χ1n) is 12.3. The molecule has 2 aromatic rings. The molecule has 0 bridgehead atoms. The van der Waals surface area contributed by atoms with E-state index in [0.29, 0.717) is 38.7 Å². The van der Waals surface area contributed by atoms with Crippen molar-refractivity contribution in [3.63, 3.8) is 0 Å². The highest BCUT2D eigenvalue weighted by Crippen LogP contribution is 2.40. The van der Waals surface area contributed by atoms with E-state index in [1.807, 2.05) is 57.6 Å². The number of thiophene rings is 1. The fourth-order valence-corrected chi connectivity index (χ4v) is 5.69. The molecule has 6 nitrogen and oxygen atoms in total. The van der Waals surface area contributed by atoms with Gasteiger partial charge in [0.1, 0.15) is 5.75 Å². The summed E-state index contributed by atoms with van der Waals surface area (Å²) < 4.78 is 5.69. The van der Waals surface area contributed by atoms with Crippen LogP contribution < -0.4 is 4.74 Å². The second kappa shape index (κ2) is 11.6. The number of likely N-dealkylation sites (tertiary alicyclic amines) is 2. The van der Waals surface area contributed by atoms with Gasteiger partial charge >= 0.3 is 0 Å². The van der Waals surface area contributed by atoms with E-state index in [1.165, 1.54) is 11.3 Å². The van der Waals surface area contributed by atoms with Crippen molar-refractivity contribution < 1.29 is 19.1 Å². The summed E-state index contributed by atoms with van der Waals surface area (Å²) in [5, 5.41) is 1.90. The van der Waals surface area contributed by atoms with E-state index < -0.39 is 0 Å². The molecule has 0 unspecified atom stereocenters. The van der Waals surface area contributed by atoms with Gasteiger partial charge in [-0.05, 0) is 61.1 Å². The average Bonchev–Trinajstić information content (AvgIpc) is 3.54. The van der Waals surface area contributed by atoms with Gasteiger partial charge in [0.15, 0.2) is 5.78 Å². The van der Waals surface area contributed by atoms with Crippen molar-refractivity contribution in [1.82, 2.24) is 9.80 Å². The molecule has 0 saturated carbocycles. The molecule has 2 amide bonds. The van der Waals surface area contributed by atoms with Crippen LogP contribution in [0.25, 0.3) is 0 Å². The molecule has 1 aromatic carbocycles. The first-order chi connectivity index (χ1) is 16.5. The second-order valence-electron chi connectivity index (χ2n) is 9.47. The van der Waals surface area contributed by atoms with Gasteiger partial charge in [0, 0.05) is 45.4 Å². The lowest BCUT2D eigenvalue weighted by atomic mass is 9.77. The molecule has 0 atom stereocenters. The number of para-hydroxylation sites is 1. The van der Waals surface area contributed by atoms with E-state index >= 15 is 0 Å². The lowest BCUT2D eigenvalue weighted by molar-refractivity contribution is -0.135. The maximum atomic E-state index is 12.7. The van der Waals surface area contributed by atoms with Gasteiger partial charge < -0.3 is 14.5 Å². The van der Waals surface area contributed by atoms with Crippen LogP contribution in [-0.2, 0) is 9.59 Å². The van der Waals surface area contributed by atoms with Crippen LogP contribution in [0.5, 0.6) is 5.75 Å². The third kappa shape index (κ3) is 6.47. The highest BCUT2D eigenvalue weighted by Gasteiger charge is 2.42. The molecule has 2 aliphatic rings. The molecule has 2 fully saturated rings. The van der Waals surface area contributed by atoms with E-state index in [0.717, 1.165) is 56.1 Å². The summed E-state index contributed by atoms with van der Waals surface area (Å²) in [6, 6.07) is 13.4. The molecular weight excluding hydrogens is 448 g/mol. The van der Waals surface area contributed by atoms with Crippen molar-refractivity contribution in [1.29, 1.82) is 0 Å². The maximum Gasteiger partial charge on any atom is 0.222 e. The lowest BCUT2D eigenvalue weighted by Gasteiger charge is -2.39. The Kier molecular flexibility index (Phi) is 8.38. The monoisotopic (exact) mass is 482 g/mol. The first kappa shape index (κ1) is 24.5. The smallest absolute Gasteiger partial charge is 0.222 e. The number of benzene rings is 1. The molecule has 182 valence electrons. The maximum absolute atomic E-state index is 12.7. The van der Waals surface area contributed by atoms with E-state index in [4.69, 9.17) is 4.74 Å². The Hall–Kier alpha value is -2.67.